The second kappa shape index (κ2) is 6.43. The summed E-state index contributed by atoms with van der Waals surface area (Å²) in [6, 6.07) is 8.73. The van der Waals surface area contributed by atoms with Gasteiger partial charge in [-0.25, -0.2) is 4.99 Å². The minimum Gasteiger partial charge on any atom is -0.349 e. The maximum Gasteiger partial charge on any atom is 0.195 e. The number of aliphatic imine (C=N–C) groups is 1. The van der Waals surface area contributed by atoms with Crippen LogP contribution in [0.1, 0.15) is 30.9 Å². The molecule has 0 atom stereocenters. The predicted octanol–water partition coefficient (Wildman–Crippen LogP) is 2.79. The zero-order chi connectivity index (χ0) is 13.7. The van der Waals surface area contributed by atoms with E-state index >= 15 is 0 Å². The van der Waals surface area contributed by atoms with E-state index in [1.807, 2.05) is 38.0 Å². The third kappa shape index (κ3) is 4.06. The van der Waals surface area contributed by atoms with Crippen LogP contribution in [0, 0.1) is 0 Å². The van der Waals surface area contributed by atoms with Crippen LogP contribution in [0.5, 0.6) is 0 Å². The Hall–Kier alpha value is -1.51. The van der Waals surface area contributed by atoms with Crippen LogP contribution in [-0.2, 0) is 6.54 Å². The van der Waals surface area contributed by atoms with Gasteiger partial charge in [0.15, 0.2) is 5.96 Å². The highest BCUT2D eigenvalue weighted by Gasteiger charge is 2.04. The lowest BCUT2D eigenvalue weighted by molar-refractivity contribution is 0.479. The largest absolute Gasteiger partial charge is 0.349 e. The van der Waals surface area contributed by atoms with Crippen molar-refractivity contribution in [1.82, 2.24) is 9.80 Å². The van der Waals surface area contributed by atoms with E-state index in [1.54, 1.807) is 0 Å². The lowest BCUT2D eigenvalue weighted by Crippen LogP contribution is -2.35. The van der Waals surface area contributed by atoms with Gasteiger partial charge in [-0.05, 0) is 17.0 Å². The van der Waals surface area contributed by atoms with Gasteiger partial charge in [0.25, 0.3) is 0 Å². The Morgan fingerprint density at radius 2 is 1.50 bits per heavy atom. The highest BCUT2D eigenvalue weighted by Crippen LogP contribution is 2.15. The number of nitrogens with zero attached hydrogens (tertiary/aromatic N) is 3. The SMILES string of the molecule is CC(C)c1ccc(CN=C(N(C)C)N(C)C)cc1. The van der Waals surface area contributed by atoms with E-state index in [2.05, 4.69) is 43.1 Å². The van der Waals surface area contributed by atoms with E-state index in [0.717, 1.165) is 12.5 Å². The fourth-order valence-electron chi connectivity index (χ4n) is 1.85. The van der Waals surface area contributed by atoms with Gasteiger partial charge in [0.05, 0.1) is 6.54 Å². The van der Waals surface area contributed by atoms with Gasteiger partial charge in [-0.15, -0.1) is 0 Å². The number of benzene rings is 1. The summed E-state index contributed by atoms with van der Waals surface area (Å²) in [4.78, 5) is 8.70. The first-order valence-corrected chi connectivity index (χ1v) is 6.39. The van der Waals surface area contributed by atoms with Crippen molar-refractivity contribution in [2.45, 2.75) is 26.3 Å². The Labute approximate surface area is 111 Å². The smallest absolute Gasteiger partial charge is 0.195 e. The van der Waals surface area contributed by atoms with Gasteiger partial charge in [0, 0.05) is 28.2 Å². The summed E-state index contributed by atoms with van der Waals surface area (Å²) in [6.07, 6.45) is 0. The molecule has 0 radical (unpaired) electrons. The normalized spacial score (nSPS) is 10.4. The van der Waals surface area contributed by atoms with E-state index in [4.69, 9.17) is 0 Å². The Kier molecular flexibility index (Phi) is 5.20. The quantitative estimate of drug-likeness (QED) is 0.604. The van der Waals surface area contributed by atoms with E-state index < -0.39 is 0 Å². The van der Waals surface area contributed by atoms with Crippen molar-refractivity contribution in [2.75, 3.05) is 28.2 Å². The van der Waals surface area contributed by atoms with E-state index in [1.165, 1.54) is 11.1 Å². The van der Waals surface area contributed by atoms with Gasteiger partial charge in [0.1, 0.15) is 0 Å². The van der Waals surface area contributed by atoms with Crippen molar-refractivity contribution in [2.24, 2.45) is 4.99 Å². The molecule has 0 unspecified atom stereocenters. The number of guanidine groups is 1. The van der Waals surface area contributed by atoms with Gasteiger partial charge in [-0.3, -0.25) is 0 Å². The summed E-state index contributed by atoms with van der Waals surface area (Å²) in [5, 5.41) is 0. The maximum atomic E-state index is 4.64. The molecule has 0 bridgehead atoms. The van der Waals surface area contributed by atoms with Crippen LogP contribution in [0.4, 0.5) is 0 Å². The average molecular weight is 247 g/mol. The van der Waals surface area contributed by atoms with Crippen LogP contribution in [-0.4, -0.2) is 44.0 Å². The first-order chi connectivity index (χ1) is 8.41. The molecule has 0 heterocycles. The molecule has 0 aliphatic heterocycles. The van der Waals surface area contributed by atoms with Gasteiger partial charge in [-0.1, -0.05) is 38.1 Å². The Morgan fingerprint density at radius 3 is 1.89 bits per heavy atom. The monoisotopic (exact) mass is 247 g/mol. The summed E-state index contributed by atoms with van der Waals surface area (Å²) in [5.74, 6) is 1.57. The van der Waals surface area contributed by atoms with Gasteiger partial charge < -0.3 is 9.80 Å². The van der Waals surface area contributed by atoms with Gasteiger partial charge in [0.2, 0.25) is 0 Å². The summed E-state index contributed by atoms with van der Waals surface area (Å²) < 4.78 is 0. The molecule has 0 aliphatic carbocycles. The molecule has 3 nitrogen and oxygen atoms in total. The molecule has 0 fully saturated rings. The Bertz CT molecular complexity index is 379. The summed E-state index contributed by atoms with van der Waals surface area (Å²) >= 11 is 0. The maximum absolute atomic E-state index is 4.64. The first-order valence-electron chi connectivity index (χ1n) is 6.39. The zero-order valence-corrected chi connectivity index (χ0v) is 12.4. The number of rotatable bonds is 3. The zero-order valence-electron chi connectivity index (χ0n) is 12.4. The van der Waals surface area contributed by atoms with Gasteiger partial charge in [-0.2, -0.15) is 0 Å². The van der Waals surface area contributed by atoms with E-state index in [9.17, 15) is 0 Å². The van der Waals surface area contributed by atoms with Crippen LogP contribution in [0.25, 0.3) is 0 Å². The van der Waals surface area contributed by atoms with Crippen molar-refractivity contribution >= 4 is 5.96 Å². The fourth-order valence-corrected chi connectivity index (χ4v) is 1.85. The summed E-state index contributed by atoms with van der Waals surface area (Å²) in [5.41, 5.74) is 2.63. The minimum absolute atomic E-state index is 0.585. The van der Waals surface area contributed by atoms with Gasteiger partial charge >= 0.3 is 0 Å². The average Bonchev–Trinajstić information content (AvgIpc) is 2.28. The molecule has 1 aromatic rings. The van der Waals surface area contributed by atoms with Crippen molar-refractivity contribution in [3.8, 4) is 0 Å². The Morgan fingerprint density at radius 1 is 1.00 bits per heavy atom. The van der Waals surface area contributed by atoms with Crippen molar-refractivity contribution in [3.63, 3.8) is 0 Å². The van der Waals surface area contributed by atoms with Crippen LogP contribution >= 0.6 is 0 Å². The standard InChI is InChI=1S/C15H25N3/c1-12(2)14-9-7-13(8-10-14)11-16-15(17(3)4)18(5)6/h7-10,12H,11H2,1-6H3. The van der Waals surface area contributed by atoms with E-state index in [-0.39, 0.29) is 0 Å². The highest BCUT2D eigenvalue weighted by atomic mass is 15.3. The lowest BCUT2D eigenvalue weighted by atomic mass is 10.0. The van der Waals surface area contributed by atoms with Crippen molar-refractivity contribution < 1.29 is 0 Å². The summed E-state index contributed by atoms with van der Waals surface area (Å²) in [6.45, 7) is 5.15. The van der Waals surface area contributed by atoms with Crippen LogP contribution < -0.4 is 0 Å². The molecule has 0 saturated carbocycles. The Balaban J connectivity index is 2.75. The summed E-state index contributed by atoms with van der Waals surface area (Å²) in [7, 11) is 8.06. The molecule has 0 saturated heterocycles. The minimum atomic E-state index is 0.585. The highest BCUT2D eigenvalue weighted by molar-refractivity contribution is 5.79. The van der Waals surface area contributed by atoms with Crippen LogP contribution in [0.3, 0.4) is 0 Å². The van der Waals surface area contributed by atoms with Crippen molar-refractivity contribution in [3.05, 3.63) is 35.4 Å². The molecule has 18 heavy (non-hydrogen) atoms. The predicted molar refractivity (Wildman–Crippen MR) is 79.0 cm³/mol. The molecule has 3 heteroatoms. The molecule has 0 aromatic heterocycles. The molecule has 0 N–H and O–H groups in total. The molecule has 1 rings (SSSR count). The first kappa shape index (κ1) is 14.6. The van der Waals surface area contributed by atoms with Crippen molar-refractivity contribution in [1.29, 1.82) is 0 Å². The molecular weight excluding hydrogens is 222 g/mol. The fraction of sp³-hybridized carbons (Fsp3) is 0.533. The van der Waals surface area contributed by atoms with Crippen LogP contribution in [0.15, 0.2) is 29.3 Å². The number of hydrogen-bond donors (Lipinski definition) is 0. The van der Waals surface area contributed by atoms with Crippen LogP contribution in [0.2, 0.25) is 0 Å². The molecule has 0 amide bonds. The molecule has 100 valence electrons. The molecule has 0 aliphatic rings. The van der Waals surface area contributed by atoms with E-state index in [0.29, 0.717) is 5.92 Å². The second-order valence-electron chi connectivity index (χ2n) is 5.30. The molecular formula is C15H25N3. The lowest BCUT2D eigenvalue weighted by Gasteiger charge is -2.22. The third-order valence-corrected chi connectivity index (χ3v) is 2.85. The number of hydrogen-bond acceptors (Lipinski definition) is 1. The topological polar surface area (TPSA) is 18.8 Å². The second-order valence-corrected chi connectivity index (χ2v) is 5.30. The molecule has 0 spiro atoms. The third-order valence-electron chi connectivity index (χ3n) is 2.85. The molecule has 1 aromatic carbocycles.